The van der Waals surface area contributed by atoms with Crippen molar-refractivity contribution in [3.05, 3.63) is 62.7 Å². The van der Waals surface area contributed by atoms with Crippen molar-refractivity contribution in [3.8, 4) is 23.8 Å². The number of hydrogen-bond donors (Lipinski definition) is 0. The minimum absolute atomic E-state index is 0.0643. The molecule has 0 aliphatic carbocycles. The molecule has 0 bridgehead atoms. The molecule has 1 aliphatic rings. The first-order valence-corrected chi connectivity index (χ1v) is 9.97. The SMILES string of the molecule is C#CCN1C(=O)SC(=Cc2cc(Br)c(OCc3ccc(F)cc3)c(OC)c2)C1=O. The highest BCUT2D eigenvalue weighted by Gasteiger charge is 2.34. The third-order valence-corrected chi connectivity index (χ3v) is 5.47. The number of carbonyl (C=O) groups excluding carboxylic acids is 2. The average molecular weight is 476 g/mol. The van der Waals surface area contributed by atoms with Crippen LogP contribution in [0, 0.1) is 18.2 Å². The number of thioether (sulfide) groups is 1. The predicted molar refractivity (Wildman–Crippen MR) is 113 cm³/mol. The largest absolute Gasteiger partial charge is 0.493 e. The van der Waals surface area contributed by atoms with E-state index in [0.717, 1.165) is 22.2 Å². The molecule has 3 rings (SSSR count). The fourth-order valence-electron chi connectivity index (χ4n) is 2.58. The predicted octanol–water partition coefficient (Wildman–Crippen LogP) is 4.85. The molecule has 5 nitrogen and oxygen atoms in total. The van der Waals surface area contributed by atoms with E-state index in [4.69, 9.17) is 15.9 Å². The van der Waals surface area contributed by atoms with E-state index in [-0.39, 0.29) is 23.9 Å². The quantitative estimate of drug-likeness (QED) is 0.441. The van der Waals surface area contributed by atoms with Crippen molar-refractivity contribution < 1.29 is 23.5 Å². The van der Waals surface area contributed by atoms with Gasteiger partial charge in [0.05, 0.1) is 23.0 Å². The smallest absolute Gasteiger partial charge is 0.294 e. The summed E-state index contributed by atoms with van der Waals surface area (Å²) >= 11 is 4.28. The number of ether oxygens (including phenoxy) is 2. The first kappa shape index (κ1) is 21.0. The van der Waals surface area contributed by atoms with E-state index in [0.29, 0.717) is 21.5 Å². The molecule has 1 fully saturated rings. The number of methoxy groups -OCH3 is 1. The minimum atomic E-state index is -0.426. The summed E-state index contributed by atoms with van der Waals surface area (Å²) in [6.45, 7) is 0.157. The summed E-state index contributed by atoms with van der Waals surface area (Å²) in [6.07, 6.45) is 6.80. The molecule has 2 aromatic carbocycles. The van der Waals surface area contributed by atoms with Gasteiger partial charge in [0.25, 0.3) is 11.1 Å². The Morgan fingerprint density at radius 2 is 2.00 bits per heavy atom. The Balaban J connectivity index is 1.83. The van der Waals surface area contributed by atoms with Gasteiger partial charge < -0.3 is 9.47 Å². The van der Waals surface area contributed by atoms with Gasteiger partial charge in [-0.3, -0.25) is 14.5 Å². The summed E-state index contributed by atoms with van der Waals surface area (Å²) in [5.74, 6) is 2.46. The highest BCUT2D eigenvalue weighted by Crippen LogP contribution is 2.39. The van der Waals surface area contributed by atoms with Crippen LogP contribution in [-0.4, -0.2) is 29.7 Å². The van der Waals surface area contributed by atoms with Crippen molar-refractivity contribution >= 4 is 44.9 Å². The molecule has 1 saturated heterocycles. The number of rotatable bonds is 6. The maximum Gasteiger partial charge on any atom is 0.294 e. The van der Waals surface area contributed by atoms with Crippen LogP contribution in [0.15, 0.2) is 45.8 Å². The topological polar surface area (TPSA) is 55.8 Å². The molecule has 0 radical (unpaired) electrons. The molecule has 0 atom stereocenters. The molecular weight excluding hydrogens is 461 g/mol. The zero-order valence-corrected chi connectivity index (χ0v) is 17.7. The number of carbonyl (C=O) groups is 2. The Bertz CT molecular complexity index is 1030. The Morgan fingerprint density at radius 1 is 1.28 bits per heavy atom. The Labute approximate surface area is 180 Å². The molecule has 2 aromatic rings. The van der Waals surface area contributed by atoms with Crippen molar-refractivity contribution in [1.82, 2.24) is 4.90 Å². The maximum absolute atomic E-state index is 13.0. The third-order valence-electron chi connectivity index (χ3n) is 3.97. The van der Waals surface area contributed by atoms with Gasteiger partial charge in [-0.1, -0.05) is 18.1 Å². The van der Waals surface area contributed by atoms with Crippen LogP contribution in [-0.2, 0) is 11.4 Å². The summed E-state index contributed by atoms with van der Waals surface area (Å²) in [7, 11) is 1.50. The molecule has 0 unspecified atom stereocenters. The molecule has 1 aliphatic heterocycles. The molecule has 8 heteroatoms. The number of nitrogens with zero attached hydrogens (tertiary/aromatic N) is 1. The number of hydrogen-bond acceptors (Lipinski definition) is 5. The highest BCUT2D eigenvalue weighted by atomic mass is 79.9. The van der Waals surface area contributed by atoms with Gasteiger partial charge >= 0.3 is 0 Å². The van der Waals surface area contributed by atoms with Gasteiger partial charge in [-0.25, -0.2) is 4.39 Å². The van der Waals surface area contributed by atoms with Crippen molar-refractivity contribution in [2.24, 2.45) is 0 Å². The Hall–Kier alpha value is -2.76. The lowest BCUT2D eigenvalue weighted by Crippen LogP contribution is -2.28. The van der Waals surface area contributed by atoms with Gasteiger partial charge in [0.1, 0.15) is 12.4 Å². The van der Waals surface area contributed by atoms with E-state index in [1.807, 2.05) is 0 Å². The number of benzene rings is 2. The molecule has 0 N–H and O–H groups in total. The van der Waals surface area contributed by atoms with E-state index in [1.54, 1.807) is 30.3 Å². The van der Waals surface area contributed by atoms with Crippen LogP contribution in [0.2, 0.25) is 0 Å². The molecule has 148 valence electrons. The summed E-state index contributed by atoms with van der Waals surface area (Å²) in [5, 5.41) is -0.399. The lowest BCUT2D eigenvalue weighted by Gasteiger charge is -2.14. The van der Waals surface area contributed by atoms with Crippen LogP contribution in [0.4, 0.5) is 9.18 Å². The second-order valence-corrected chi connectivity index (χ2v) is 7.77. The highest BCUT2D eigenvalue weighted by molar-refractivity contribution is 9.10. The normalized spacial score (nSPS) is 15.0. The van der Waals surface area contributed by atoms with Gasteiger partial charge in [0.2, 0.25) is 0 Å². The Kier molecular flexibility index (Phi) is 6.62. The van der Waals surface area contributed by atoms with Crippen LogP contribution in [0.1, 0.15) is 11.1 Å². The fraction of sp³-hybridized carbons (Fsp3) is 0.143. The number of imide groups is 1. The molecule has 0 aromatic heterocycles. The molecule has 0 saturated carbocycles. The van der Waals surface area contributed by atoms with Crippen molar-refractivity contribution in [3.63, 3.8) is 0 Å². The van der Waals surface area contributed by atoms with E-state index in [1.165, 1.54) is 19.2 Å². The second-order valence-electron chi connectivity index (χ2n) is 5.92. The van der Waals surface area contributed by atoms with Gasteiger partial charge in [0, 0.05) is 0 Å². The lowest BCUT2D eigenvalue weighted by molar-refractivity contribution is -0.122. The van der Waals surface area contributed by atoms with Crippen LogP contribution in [0.3, 0.4) is 0 Å². The molecular formula is C21H15BrFNO4S. The summed E-state index contributed by atoms with van der Waals surface area (Å²) in [4.78, 5) is 25.5. The molecule has 1 heterocycles. The van der Waals surface area contributed by atoms with E-state index in [9.17, 15) is 14.0 Å². The first-order chi connectivity index (χ1) is 13.9. The molecule has 2 amide bonds. The van der Waals surface area contributed by atoms with Gasteiger partial charge in [-0.2, -0.15) is 0 Å². The number of halogens is 2. The van der Waals surface area contributed by atoms with Crippen LogP contribution in [0.25, 0.3) is 6.08 Å². The number of terminal acetylenes is 1. The van der Waals surface area contributed by atoms with E-state index >= 15 is 0 Å². The van der Waals surface area contributed by atoms with Crippen molar-refractivity contribution in [2.75, 3.05) is 13.7 Å². The zero-order valence-electron chi connectivity index (χ0n) is 15.3. The first-order valence-electron chi connectivity index (χ1n) is 8.36. The van der Waals surface area contributed by atoms with Crippen LogP contribution in [0.5, 0.6) is 11.5 Å². The average Bonchev–Trinajstić information content (AvgIpc) is 2.96. The van der Waals surface area contributed by atoms with Crippen LogP contribution < -0.4 is 9.47 Å². The summed E-state index contributed by atoms with van der Waals surface area (Å²) in [5.41, 5.74) is 1.45. The summed E-state index contributed by atoms with van der Waals surface area (Å²) in [6, 6.07) is 9.44. The minimum Gasteiger partial charge on any atom is -0.493 e. The van der Waals surface area contributed by atoms with E-state index < -0.39 is 11.1 Å². The second kappa shape index (κ2) is 9.16. The maximum atomic E-state index is 13.0. The summed E-state index contributed by atoms with van der Waals surface area (Å²) < 4.78 is 24.9. The number of amides is 2. The third kappa shape index (κ3) is 4.81. The van der Waals surface area contributed by atoms with Gasteiger partial charge in [-0.05, 0) is 69.2 Å². The fourth-order valence-corrected chi connectivity index (χ4v) is 3.99. The lowest BCUT2D eigenvalue weighted by atomic mass is 10.1. The van der Waals surface area contributed by atoms with Gasteiger partial charge in [0.15, 0.2) is 11.5 Å². The van der Waals surface area contributed by atoms with Crippen molar-refractivity contribution in [2.45, 2.75) is 6.61 Å². The standard InChI is InChI=1S/C21H15BrFNO4S/c1-3-8-24-20(25)18(29-21(24)26)11-14-9-16(22)19(17(10-14)27-2)28-12-13-4-6-15(23)7-5-13/h1,4-7,9-11H,8,12H2,2H3. The van der Waals surface area contributed by atoms with Gasteiger partial charge in [-0.15, -0.1) is 6.42 Å². The Morgan fingerprint density at radius 3 is 2.66 bits per heavy atom. The molecule has 29 heavy (non-hydrogen) atoms. The van der Waals surface area contributed by atoms with Crippen molar-refractivity contribution in [1.29, 1.82) is 0 Å². The zero-order chi connectivity index (χ0) is 21.0. The molecule has 0 spiro atoms. The monoisotopic (exact) mass is 475 g/mol. The van der Waals surface area contributed by atoms with E-state index in [2.05, 4.69) is 21.9 Å². The van der Waals surface area contributed by atoms with Crippen LogP contribution >= 0.6 is 27.7 Å².